The molecule has 26 heavy (non-hydrogen) atoms. The van der Waals surface area contributed by atoms with Crippen LogP contribution in [-0.4, -0.2) is 32.6 Å². The van der Waals surface area contributed by atoms with E-state index in [0.29, 0.717) is 12.2 Å². The summed E-state index contributed by atoms with van der Waals surface area (Å²) in [6.45, 7) is 1.90. The second-order valence-corrected chi connectivity index (χ2v) is 5.96. The van der Waals surface area contributed by atoms with Crippen molar-refractivity contribution in [3.63, 3.8) is 0 Å². The molecule has 2 aromatic carbocycles. The molecular formula is C19H18N4O3. The number of non-ortho nitro benzene ring substituents is 1. The molecule has 7 nitrogen and oxygen atoms in total. The Hall–Kier alpha value is -3.48. The third-order valence-electron chi connectivity index (χ3n) is 4.11. The highest BCUT2D eigenvalue weighted by Crippen LogP contribution is 2.26. The molecular weight excluding hydrogens is 332 g/mol. The number of para-hydroxylation sites is 1. The lowest BCUT2D eigenvalue weighted by Gasteiger charge is -2.14. The number of carbonyl (C=O) groups excluding carboxylic acids is 1. The van der Waals surface area contributed by atoms with Gasteiger partial charge in [-0.25, -0.2) is 4.68 Å². The van der Waals surface area contributed by atoms with E-state index in [1.165, 1.54) is 19.1 Å². The first-order valence-corrected chi connectivity index (χ1v) is 8.06. The highest BCUT2D eigenvalue weighted by atomic mass is 16.6. The van der Waals surface area contributed by atoms with Crippen molar-refractivity contribution in [3.05, 3.63) is 76.5 Å². The Kier molecular flexibility index (Phi) is 4.79. The fraction of sp³-hybridized carbons (Fsp3) is 0.158. The lowest BCUT2D eigenvalue weighted by Crippen LogP contribution is -2.23. The molecule has 3 aromatic rings. The van der Waals surface area contributed by atoms with Gasteiger partial charge in [-0.3, -0.25) is 14.9 Å². The Labute approximate surface area is 150 Å². The standard InChI is InChI=1S/C19H18N4O3/c1-14(24)21(2)12-16-13-22(17-6-4-3-5-7-17)20-19(16)15-8-10-18(11-9-15)23(25)26/h3-11,13H,12H2,1-2H3. The van der Waals surface area contributed by atoms with E-state index in [0.717, 1.165) is 16.8 Å². The van der Waals surface area contributed by atoms with E-state index in [1.807, 2.05) is 36.5 Å². The van der Waals surface area contributed by atoms with E-state index in [2.05, 4.69) is 5.10 Å². The zero-order valence-electron chi connectivity index (χ0n) is 14.5. The molecule has 3 rings (SSSR count). The van der Waals surface area contributed by atoms with Gasteiger partial charge in [0.2, 0.25) is 5.91 Å². The minimum atomic E-state index is -0.434. The summed E-state index contributed by atoms with van der Waals surface area (Å²) in [5.41, 5.74) is 3.24. The Morgan fingerprint density at radius 2 is 1.81 bits per heavy atom. The van der Waals surface area contributed by atoms with E-state index < -0.39 is 4.92 Å². The van der Waals surface area contributed by atoms with Gasteiger partial charge in [-0.1, -0.05) is 18.2 Å². The Morgan fingerprint density at radius 3 is 2.38 bits per heavy atom. The zero-order valence-corrected chi connectivity index (χ0v) is 14.5. The highest BCUT2D eigenvalue weighted by molar-refractivity contribution is 5.73. The monoisotopic (exact) mass is 350 g/mol. The van der Waals surface area contributed by atoms with Crippen molar-refractivity contribution in [1.82, 2.24) is 14.7 Å². The maximum Gasteiger partial charge on any atom is 0.269 e. The molecule has 0 saturated carbocycles. The fourth-order valence-electron chi connectivity index (χ4n) is 2.59. The molecule has 0 N–H and O–H groups in total. The Balaban J connectivity index is 2.05. The molecule has 0 saturated heterocycles. The number of nitro benzene ring substituents is 1. The maximum atomic E-state index is 11.6. The van der Waals surface area contributed by atoms with Gasteiger partial charge in [0, 0.05) is 50.0 Å². The van der Waals surface area contributed by atoms with Gasteiger partial charge in [-0.15, -0.1) is 0 Å². The van der Waals surface area contributed by atoms with Crippen LogP contribution in [0.1, 0.15) is 12.5 Å². The Bertz CT molecular complexity index is 933. The number of benzene rings is 2. The lowest BCUT2D eigenvalue weighted by atomic mass is 10.1. The van der Waals surface area contributed by atoms with Gasteiger partial charge in [0.25, 0.3) is 5.69 Å². The molecule has 0 fully saturated rings. The molecule has 0 aliphatic heterocycles. The van der Waals surface area contributed by atoms with Gasteiger partial charge in [-0.05, 0) is 24.3 Å². The number of rotatable bonds is 5. The number of hydrogen-bond acceptors (Lipinski definition) is 4. The quantitative estimate of drug-likeness (QED) is 0.521. The molecule has 1 heterocycles. The molecule has 0 bridgehead atoms. The summed E-state index contributed by atoms with van der Waals surface area (Å²) in [5, 5.41) is 15.5. The number of nitro groups is 1. The smallest absolute Gasteiger partial charge is 0.269 e. The summed E-state index contributed by atoms with van der Waals surface area (Å²) >= 11 is 0. The first-order chi connectivity index (χ1) is 12.5. The second kappa shape index (κ2) is 7.18. The summed E-state index contributed by atoms with van der Waals surface area (Å²) in [5.74, 6) is -0.0490. The molecule has 0 aliphatic rings. The number of aromatic nitrogens is 2. The number of hydrogen-bond donors (Lipinski definition) is 0. The van der Waals surface area contributed by atoms with Crippen LogP contribution in [0.2, 0.25) is 0 Å². The predicted octanol–water partition coefficient (Wildman–Crippen LogP) is 3.43. The van der Waals surface area contributed by atoms with Crippen molar-refractivity contribution in [2.75, 3.05) is 7.05 Å². The van der Waals surface area contributed by atoms with Gasteiger partial charge in [0.05, 0.1) is 16.3 Å². The SMILES string of the molecule is CC(=O)N(C)Cc1cn(-c2ccccc2)nc1-c1ccc([N+](=O)[O-])cc1. The number of nitrogens with zero attached hydrogens (tertiary/aromatic N) is 4. The van der Waals surface area contributed by atoms with Gasteiger partial charge in [-0.2, -0.15) is 5.10 Å². The average Bonchev–Trinajstić information content (AvgIpc) is 3.06. The van der Waals surface area contributed by atoms with Crippen LogP contribution in [-0.2, 0) is 11.3 Å². The first kappa shape index (κ1) is 17.3. The van der Waals surface area contributed by atoms with Crippen LogP contribution in [0.15, 0.2) is 60.8 Å². The molecule has 1 amide bonds. The largest absolute Gasteiger partial charge is 0.342 e. The van der Waals surface area contributed by atoms with Gasteiger partial charge in [0.15, 0.2) is 0 Å². The summed E-state index contributed by atoms with van der Waals surface area (Å²) in [6.07, 6.45) is 1.88. The summed E-state index contributed by atoms with van der Waals surface area (Å²) < 4.78 is 1.75. The number of amides is 1. The molecule has 1 aromatic heterocycles. The van der Waals surface area contributed by atoms with Gasteiger partial charge in [0.1, 0.15) is 0 Å². The minimum absolute atomic E-state index is 0.0265. The fourth-order valence-corrected chi connectivity index (χ4v) is 2.59. The van der Waals surface area contributed by atoms with Crippen molar-refractivity contribution >= 4 is 11.6 Å². The molecule has 0 unspecified atom stereocenters. The highest BCUT2D eigenvalue weighted by Gasteiger charge is 2.16. The predicted molar refractivity (Wildman–Crippen MR) is 97.8 cm³/mol. The van der Waals surface area contributed by atoms with Crippen molar-refractivity contribution in [2.45, 2.75) is 13.5 Å². The molecule has 0 aliphatic carbocycles. The zero-order chi connectivity index (χ0) is 18.7. The molecule has 0 radical (unpaired) electrons. The normalized spacial score (nSPS) is 10.5. The third-order valence-corrected chi connectivity index (χ3v) is 4.11. The van der Waals surface area contributed by atoms with E-state index in [4.69, 9.17) is 0 Å². The van der Waals surface area contributed by atoms with E-state index in [1.54, 1.807) is 28.8 Å². The van der Waals surface area contributed by atoms with Crippen molar-refractivity contribution in [3.8, 4) is 16.9 Å². The van der Waals surface area contributed by atoms with Gasteiger partial charge < -0.3 is 4.90 Å². The van der Waals surface area contributed by atoms with Crippen LogP contribution >= 0.6 is 0 Å². The molecule has 132 valence electrons. The maximum absolute atomic E-state index is 11.6. The van der Waals surface area contributed by atoms with Crippen molar-refractivity contribution < 1.29 is 9.72 Å². The van der Waals surface area contributed by atoms with E-state index in [-0.39, 0.29) is 11.6 Å². The van der Waals surface area contributed by atoms with Gasteiger partial charge >= 0.3 is 0 Å². The third kappa shape index (κ3) is 3.61. The molecule has 0 spiro atoms. The summed E-state index contributed by atoms with van der Waals surface area (Å²) in [4.78, 5) is 23.6. The second-order valence-electron chi connectivity index (χ2n) is 5.96. The van der Waals surface area contributed by atoms with E-state index in [9.17, 15) is 14.9 Å². The van der Waals surface area contributed by atoms with Crippen LogP contribution in [0, 0.1) is 10.1 Å². The first-order valence-electron chi connectivity index (χ1n) is 8.06. The van der Waals surface area contributed by atoms with Crippen LogP contribution in [0.3, 0.4) is 0 Å². The average molecular weight is 350 g/mol. The molecule has 0 atom stereocenters. The van der Waals surface area contributed by atoms with Crippen molar-refractivity contribution in [2.24, 2.45) is 0 Å². The van der Waals surface area contributed by atoms with Crippen LogP contribution < -0.4 is 0 Å². The summed E-state index contributed by atoms with van der Waals surface area (Å²) in [7, 11) is 1.72. The van der Waals surface area contributed by atoms with Crippen LogP contribution in [0.5, 0.6) is 0 Å². The number of carbonyl (C=O) groups is 1. The van der Waals surface area contributed by atoms with Crippen LogP contribution in [0.25, 0.3) is 16.9 Å². The lowest BCUT2D eigenvalue weighted by molar-refractivity contribution is -0.384. The molecule has 7 heteroatoms. The topological polar surface area (TPSA) is 81.3 Å². The Morgan fingerprint density at radius 1 is 1.15 bits per heavy atom. The summed E-state index contributed by atoms with van der Waals surface area (Å²) in [6, 6.07) is 15.9. The van der Waals surface area contributed by atoms with Crippen LogP contribution in [0.4, 0.5) is 5.69 Å². The minimum Gasteiger partial charge on any atom is -0.342 e. The van der Waals surface area contributed by atoms with E-state index >= 15 is 0 Å². The van der Waals surface area contributed by atoms with Crippen molar-refractivity contribution in [1.29, 1.82) is 0 Å².